The number of rotatable bonds is 6. The molecule has 0 spiro atoms. The number of carbonyl (C=O) groups is 2. The third-order valence-electron chi connectivity index (χ3n) is 5.55. The maximum atomic E-state index is 12.2. The van der Waals surface area contributed by atoms with E-state index in [-0.39, 0.29) is 25.5 Å². The van der Waals surface area contributed by atoms with E-state index in [1.54, 1.807) is 18.2 Å². The number of methoxy groups -OCH3 is 1. The van der Waals surface area contributed by atoms with Gasteiger partial charge in [-0.3, -0.25) is 4.79 Å². The summed E-state index contributed by atoms with van der Waals surface area (Å²) in [5.41, 5.74) is 5.76. The van der Waals surface area contributed by atoms with Gasteiger partial charge in [-0.15, -0.1) is 0 Å². The fraction of sp³-hybridized carbons (Fsp3) is 0.185. The molecule has 3 aromatic carbocycles. The van der Waals surface area contributed by atoms with Crippen molar-refractivity contribution in [2.24, 2.45) is 0 Å². The average molecular weight is 441 g/mol. The third-order valence-corrected chi connectivity index (χ3v) is 5.55. The second-order valence-corrected chi connectivity index (χ2v) is 7.57. The number of fused-ring (bicyclic) bond motifs is 3. The van der Waals surface area contributed by atoms with Gasteiger partial charge in [0.05, 0.1) is 20.1 Å². The predicted molar refractivity (Wildman–Crippen MR) is 124 cm³/mol. The van der Waals surface area contributed by atoms with Crippen molar-refractivity contribution < 1.29 is 24.2 Å². The largest absolute Gasteiger partial charge is 0.497 e. The predicted octanol–water partition coefficient (Wildman–Crippen LogP) is 4.21. The van der Waals surface area contributed by atoms with Crippen molar-refractivity contribution in [2.45, 2.75) is 12.3 Å². The Balaban J connectivity index is 1.37. The van der Waals surface area contributed by atoms with Gasteiger partial charge in [-0.1, -0.05) is 66.4 Å². The molecule has 2 N–H and O–H groups in total. The fourth-order valence-electron chi connectivity index (χ4n) is 4.02. The first-order valence-electron chi connectivity index (χ1n) is 10.5. The molecule has 1 amide bonds. The van der Waals surface area contributed by atoms with Gasteiger partial charge in [-0.25, -0.2) is 4.79 Å². The van der Waals surface area contributed by atoms with E-state index in [2.05, 4.69) is 41.4 Å². The summed E-state index contributed by atoms with van der Waals surface area (Å²) < 4.78 is 10.7. The molecular formula is C27H23NO5. The lowest BCUT2D eigenvalue weighted by molar-refractivity contribution is -0.136. The van der Waals surface area contributed by atoms with Crippen molar-refractivity contribution in [1.82, 2.24) is 5.32 Å². The van der Waals surface area contributed by atoms with Crippen molar-refractivity contribution in [3.63, 3.8) is 0 Å². The van der Waals surface area contributed by atoms with Gasteiger partial charge in [0, 0.05) is 11.5 Å². The zero-order valence-electron chi connectivity index (χ0n) is 18.1. The van der Waals surface area contributed by atoms with E-state index < -0.39 is 12.1 Å². The molecule has 0 fully saturated rings. The van der Waals surface area contributed by atoms with Crippen LogP contribution in [0, 0.1) is 11.8 Å². The van der Waals surface area contributed by atoms with Crippen LogP contribution in [0.5, 0.6) is 5.75 Å². The quantitative estimate of drug-likeness (QED) is 0.560. The minimum Gasteiger partial charge on any atom is -0.497 e. The molecule has 1 aliphatic rings. The lowest BCUT2D eigenvalue weighted by Gasteiger charge is -2.14. The van der Waals surface area contributed by atoms with Gasteiger partial charge in [-0.2, -0.15) is 0 Å². The second-order valence-electron chi connectivity index (χ2n) is 7.57. The molecule has 4 rings (SSSR count). The molecule has 0 radical (unpaired) electrons. The van der Waals surface area contributed by atoms with Crippen LogP contribution in [0.3, 0.4) is 0 Å². The van der Waals surface area contributed by atoms with Gasteiger partial charge in [0.15, 0.2) is 0 Å². The highest BCUT2D eigenvalue weighted by molar-refractivity contribution is 5.79. The summed E-state index contributed by atoms with van der Waals surface area (Å²) in [5, 5.41) is 11.7. The number of ether oxygens (including phenoxy) is 2. The van der Waals surface area contributed by atoms with E-state index in [0.717, 1.165) is 11.1 Å². The van der Waals surface area contributed by atoms with E-state index in [4.69, 9.17) is 14.6 Å². The van der Waals surface area contributed by atoms with E-state index in [0.29, 0.717) is 16.9 Å². The Morgan fingerprint density at radius 2 is 1.67 bits per heavy atom. The number of carboxylic acid groups (broad SMARTS) is 1. The lowest BCUT2D eigenvalue weighted by atomic mass is 9.98. The van der Waals surface area contributed by atoms with Gasteiger partial charge in [-0.05, 0) is 39.9 Å². The number of carboxylic acids is 1. The highest BCUT2D eigenvalue weighted by Crippen LogP contribution is 2.44. The molecular weight excluding hydrogens is 418 g/mol. The summed E-state index contributed by atoms with van der Waals surface area (Å²) in [7, 11) is 1.53. The van der Waals surface area contributed by atoms with Crippen molar-refractivity contribution in [3.05, 3.63) is 89.0 Å². The molecule has 1 aliphatic carbocycles. The van der Waals surface area contributed by atoms with Gasteiger partial charge >= 0.3 is 12.1 Å². The van der Waals surface area contributed by atoms with Crippen molar-refractivity contribution >= 4 is 12.1 Å². The van der Waals surface area contributed by atoms with Crippen LogP contribution in [0.1, 0.15) is 28.2 Å². The molecule has 0 aromatic heterocycles. The number of carbonyl (C=O) groups excluding carboxylic acids is 1. The van der Waals surface area contributed by atoms with Gasteiger partial charge in [0.1, 0.15) is 12.4 Å². The average Bonchev–Trinajstić information content (AvgIpc) is 3.15. The number of benzene rings is 3. The summed E-state index contributed by atoms with van der Waals surface area (Å²) in [5.74, 6) is 5.38. The SMILES string of the molecule is COc1ccc(CC(=O)O)c(C#CCNC(=O)OCC2c3ccccc3-c3ccccc32)c1. The molecule has 0 aliphatic heterocycles. The molecule has 6 heteroatoms. The van der Waals surface area contributed by atoms with E-state index in [1.165, 1.54) is 18.2 Å². The number of hydrogen-bond acceptors (Lipinski definition) is 4. The monoisotopic (exact) mass is 441 g/mol. The number of amides is 1. The molecule has 0 bridgehead atoms. The third kappa shape index (κ3) is 4.99. The minimum atomic E-state index is -0.944. The van der Waals surface area contributed by atoms with Crippen LogP contribution in [0.2, 0.25) is 0 Å². The maximum absolute atomic E-state index is 12.2. The zero-order valence-corrected chi connectivity index (χ0v) is 18.1. The molecule has 3 aromatic rings. The number of nitrogens with one attached hydrogen (secondary N) is 1. The summed E-state index contributed by atoms with van der Waals surface area (Å²) in [6.45, 7) is 0.298. The van der Waals surface area contributed by atoms with Crippen LogP contribution in [-0.4, -0.2) is 37.4 Å². The standard InChI is InChI=1S/C27H23NO5/c1-32-20-13-12-19(16-26(29)30)18(15-20)7-6-14-28-27(31)33-17-25-23-10-4-2-8-21(23)22-9-3-5-11-24(22)25/h2-5,8-13,15,25H,14,16-17H2,1H3,(H,28,31)(H,29,30). The van der Waals surface area contributed by atoms with E-state index >= 15 is 0 Å². The van der Waals surface area contributed by atoms with Crippen LogP contribution in [0.4, 0.5) is 4.79 Å². The first kappa shape index (κ1) is 22.0. The molecule has 0 saturated carbocycles. The van der Waals surface area contributed by atoms with Gasteiger partial charge < -0.3 is 19.9 Å². The first-order valence-corrected chi connectivity index (χ1v) is 10.5. The number of hydrogen-bond donors (Lipinski definition) is 2. The molecule has 0 heterocycles. The number of alkyl carbamates (subject to hydrolysis) is 1. The topological polar surface area (TPSA) is 84.9 Å². The zero-order chi connectivity index (χ0) is 23.2. The van der Waals surface area contributed by atoms with Crippen LogP contribution < -0.4 is 10.1 Å². The van der Waals surface area contributed by atoms with E-state index in [9.17, 15) is 9.59 Å². The Morgan fingerprint density at radius 3 is 2.30 bits per heavy atom. The Labute approximate surface area is 192 Å². The van der Waals surface area contributed by atoms with E-state index in [1.807, 2.05) is 24.3 Å². The Kier molecular flexibility index (Phi) is 6.61. The van der Waals surface area contributed by atoms with Crippen LogP contribution >= 0.6 is 0 Å². The van der Waals surface area contributed by atoms with Crippen LogP contribution in [0.25, 0.3) is 11.1 Å². The molecule has 166 valence electrons. The molecule has 33 heavy (non-hydrogen) atoms. The van der Waals surface area contributed by atoms with Crippen LogP contribution in [0.15, 0.2) is 66.7 Å². The highest BCUT2D eigenvalue weighted by Gasteiger charge is 2.28. The highest BCUT2D eigenvalue weighted by atomic mass is 16.5. The molecule has 0 atom stereocenters. The Bertz CT molecular complexity index is 1210. The molecule has 6 nitrogen and oxygen atoms in total. The smallest absolute Gasteiger partial charge is 0.407 e. The molecule has 0 saturated heterocycles. The van der Waals surface area contributed by atoms with Crippen LogP contribution in [-0.2, 0) is 16.0 Å². The van der Waals surface area contributed by atoms with Crippen molar-refractivity contribution in [2.75, 3.05) is 20.3 Å². The van der Waals surface area contributed by atoms with Crippen molar-refractivity contribution in [3.8, 4) is 28.7 Å². The Hall–Kier alpha value is -4.24. The summed E-state index contributed by atoms with van der Waals surface area (Å²) in [4.78, 5) is 23.3. The summed E-state index contributed by atoms with van der Waals surface area (Å²) in [6, 6.07) is 21.3. The van der Waals surface area contributed by atoms with Gasteiger partial charge in [0.2, 0.25) is 0 Å². The molecule has 0 unspecified atom stereocenters. The lowest BCUT2D eigenvalue weighted by Crippen LogP contribution is -2.26. The summed E-state index contributed by atoms with van der Waals surface area (Å²) >= 11 is 0. The van der Waals surface area contributed by atoms with Gasteiger partial charge in [0.25, 0.3) is 0 Å². The normalized spacial score (nSPS) is 11.5. The summed E-state index contributed by atoms with van der Waals surface area (Å²) in [6.07, 6.45) is -0.698. The minimum absolute atomic E-state index is 0.00963. The fourth-order valence-corrected chi connectivity index (χ4v) is 4.02. The Morgan fingerprint density at radius 1 is 1.00 bits per heavy atom. The first-order chi connectivity index (χ1) is 16.1. The maximum Gasteiger partial charge on any atom is 0.407 e. The number of aliphatic carboxylic acids is 1. The second kappa shape index (κ2) is 9.92. The van der Waals surface area contributed by atoms with Crippen molar-refractivity contribution in [1.29, 1.82) is 0 Å².